The molecule has 0 aromatic carbocycles. The molecule has 0 aliphatic rings. The molecular weight excluding hydrogens is 277 g/mol. The van der Waals surface area contributed by atoms with Crippen LogP contribution in [0, 0.1) is 0 Å². The minimum Gasteiger partial charge on any atom is -0.550 e. The summed E-state index contributed by atoms with van der Waals surface area (Å²) in [6, 6.07) is 0. The van der Waals surface area contributed by atoms with Crippen molar-refractivity contribution in [1.82, 2.24) is 0 Å². The number of hydrogen-bond donors (Lipinski definition) is 1. The van der Waals surface area contributed by atoms with E-state index in [0.29, 0.717) is 12.8 Å². The molecule has 1 atom stereocenters. The number of carboxylic acids is 1. The van der Waals surface area contributed by atoms with Gasteiger partial charge in [0.25, 0.3) is 0 Å². The standard InChI is InChI=1S/C8H16O3.Cs/c1-2-7(9)5-3-4-6-8(10)11;/h7,9H,2-6H2,1H3,(H,10,11);/q;+1/p-1. The van der Waals surface area contributed by atoms with Gasteiger partial charge in [0.1, 0.15) is 0 Å². The van der Waals surface area contributed by atoms with Crippen LogP contribution in [-0.2, 0) is 4.79 Å². The number of aliphatic hydroxyl groups excluding tert-OH is 1. The summed E-state index contributed by atoms with van der Waals surface area (Å²) >= 11 is 0. The van der Waals surface area contributed by atoms with Crippen LogP contribution in [0.1, 0.15) is 39.0 Å². The first-order chi connectivity index (χ1) is 5.16. The zero-order chi connectivity index (χ0) is 8.69. The van der Waals surface area contributed by atoms with Crippen LogP contribution in [-0.4, -0.2) is 17.2 Å². The smallest absolute Gasteiger partial charge is 0.550 e. The quantitative estimate of drug-likeness (QED) is 0.533. The summed E-state index contributed by atoms with van der Waals surface area (Å²) in [5, 5.41) is 19.0. The van der Waals surface area contributed by atoms with E-state index < -0.39 is 5.97 Å². The number of unbranched alkanes of at least 4 members (excludes halogenated alkanes) is 1. The van der Waals surface area contributed by atoms with Crippen LogP contribution in [0.25, 0.3) is 0 Å². The summed E-state index contributed by atoms with van der Waals surface area (Å²) in [6.45, 7) is 1.91. The van der Waals surface area contributed by atoms with Gasteiger partial charge in [-0.3, -0.25) is 0 Å². The SMILES string of the molecule is CCC(O)CCCCC(=O)[O-].[Cs+]. The molecule has 0 rings (SSSR count). The minimum absolute atomic E-state index is 0. The van der Waals surface area contributed by atoms with Crippen molar-refractivity contribution in [3.8, 4) is 0 Å². The van der Waals surface area contributed by atoms with Gasteiger partial charge in [-0.05, 0) is 25.7 Å². The number of hydrogen-bond acceptors (Lipinski definition) is 3. The molecule has 0 aliphatic heterocycles. The third-order valence-corrected chi connectivity index (χ3v) is 1.64. The van der Waals surface area contributed by atoms with E-state index in [4.69, 9.17) is 5.11 Å². The predicted molar refractivity (Wildman–Crippen MR) is 39.8 cm³/mol. The average molecular weight is 292 g/mol. The van der Waals surface area contributed by atoms with Crippen LogP contribution in [0.3, 0.4) is 0 Å². The van der Waals surface area contributed by atoms with Crippen LogP contribution in [0.2, 0.25) is 0 Å². The Kier molecular flexibility index (Phi) is 14.0. The molecule has 0 aromatic heterocycles. The summed E-state index contributed by atoms with van der Waals surface area (Å²) in [7, 11) is 0. The topological polar surface area (TPSA) is 60.4 Å². The van der Waals surface area contributed by atoms with Gasteiger partial charge in [0, 0.05) is 5.97 Å². The molecule has 0 heterocycles. The molecule has 0 aliphatic carbocycles. The summed E-state index contributed by atoms with van der Waals surface area (Å²) in [6.07, 6.45) is 2.66. The summed E-state index contributed by atoms with van der Waals surface area (Å²) in [4.78, 5) is 9.94. The number of carbonyl (C=O) groups is 1. The van der Waals surface area contributed by atoms with Crippen molar-refractivity contribution in [2.45, 2.75) is 45.1 Å². The fraction of sp³-hybridized carbons (Fsp3) is 0.875. The van der Waals surface area contributed by atoms with Gasteiger partial charge in [-0.25, -0.2) is 0 Å². The van der Waals surface area contributed by atoms with E-state index in [1.807, 2.05) is 6.92 Å². The van der Waals surface area contributed by atoms with E-state index in [1.165, 1.54) is 0 Å². The van der Waals surface area contributed by atoms with Crippen molar-refractivity contribution in [2.24, 2.45) is 0 Å². The molecule has 4 heteroatoms. The van der Waals surface area contributed by atoms with E-state index >= 15 is 0 Å². The van der Waals surface area contributed by atoms with Crippen molar-refractivity contribution in [2.75, 3.05) is 0 Å². The fourth-order valence-corrected chi connectivity index (χ4v) is 0.853. The summed E-state index contributed by atoms with van der Waals surface area (Å²) in [5.41, 5.74) is 0. The minimum atomic E-state index is -1.00. The molecule has 0 aromatic rings. The van der Waals surface area contributed by atoms with Gasteiger partial charge in [0.05, 0.1) is 6.10 Å². The van der Waals surface area contributed by atoms with Crippen molar-refractivity contribution in [3.05, 3.63) is 0 Å². The van der Waals surface area contributed by atoms with Gasteiger partial charge >= 0.3 is 68.9 Å². The van der Waals surface area contributed by atoms with E-state index in [2.05, 4.69) is 0 Å². The Morgan fingerprint density at radius 2 is 2.08 bits per heavy atom. The van der Waals surface area contributed by atoms with Crippen LogP contribution < -0.4 is 74.0 Å². The second kappa shape index (κ2) is 10.6. The maximum absolute atomic E-state index is 9.94. The molecule has 0 saturated carbocycles. The van der Waals surface area contributed by atoms with Crippen LogP contribution in [0.15, 0.2) is 0 Å². The zero-order valence-electron chi connectivity index (χ0n) is 7.88. The van der Waals surface area contributed by atoms with Crippen molar-refractivity contribution in [3.63, 3.8) is 0 Å². The molecule has 0 saturated heterocycles. The molecule has 12 heavy (non-hydrogen) atoms. The second-order valence-electron chi connectivity index (χ2n) is 2.68. The van der Waals surface area contributed by atoms with Crippen molar-refractivity contribution >= 4 is 5.97 Å². The normalized spacial score (nSPS) is 11.8. The van der Waals surface area contributed by atoms with E-state index in [0.717, 1.165) is 12.8 Å². The van der Waals surface area contributed by atoms with Crippen molar-refractivity contribution in [1.29, 1.82) is 0 Å². The fourth-order valence-electron chi connectivity index (χ4n) is 0.853. The number of carbonyl (C=O) groups excluding carboxylic acids is 1. The van der Waals surface area contributed by atoms with Gasteiger partial charge in [-0.15, -0.1) is 0 Å². The maximum Gasteiger partial charge on any atom is 1.00 e. The number of carboxylic acid groups (broad SMARTS) is 1. The van der Waals surface area contributed by atoms with Gasteiger partial charge < -0.3 is 15.0 Å². The first kappa shape index (κ1) is 15.9. The molecule has 66 valence electrons. The largest absolute Gasteiger partial charge is 1.00 e. The van der Waals surface area contributed by atoms with Gasteiger partial charge in [-0.1, -0.05) is 13.3 Å². The van der Waals surface area contributed by atoms with Gasteiger partial charge in [-0.2, -0.15) is 0 Å². The average Bonchev–Trinajstić information content (AvgIpc) is 1.97. The molecule has 1 unspecified atom stereocenters. The summed E-state index contributed by atoms with van der Waals surface area (Å²) < 4.78 is 0. The molecule has 0 spiro atoms. The molecule has 0 radical (unpaired) electrons. The molecule has 0 bridgehead atoms. The Morgan fingerprint density at radius 1 is 1.50 bits per heavy atom. The van der Waals surface area contributed by atoms with Gasteiger partial charge in [0.2, 0.25) is 0 Å². The van der Waals surface area contributed by atoms with Gasteiger partial charge in [0.15, 0.2) is 0 Å². The molecule has 3 nitrogen and oxygen atoms in total. The zero-order valence-corrected chi connectivity index (χ0v) is 14.2. The Bertz CT molecular complexity index is 117. The van der Waals surface area contributed by atoms with Crippen LogP contribution in [0.4, 0.5) is 0 Å². The molecular formula is C8H15CsO3. The first-order valence-electron chi connectivity index (χ1n) is 4.04. The Morgan fingerprint density at radius 3 is 2.50 bits per heavy atom. The predicted octanol–water partition coefficient (Wildman–Crippen LogP) is -2.93. The van der Waals surface area contributed by atoms with Crippen molar-refractivity contribution < 1.29 is 83.9 Å². The Balaban J connectivity index is 0. The van der Waals surface area contributed by atoms with E-state index in [-0.39, 0.29) is 81.4 Å². The Hall–Kier alpha value is 1.48. The van der Waals surface area contributed by atoms with Crippen LogP contribution >= 0.6 is 0 Å². The third kappa shape index (κ3) is 11.5. The molecule has 0 amide bonds. The third-order valence-electron chi connectivity index (χ3n) is 1.64. The first-order valence-corrected chi connectivity index (χ1v) is 4.04. The maximum atomic E-state index is 9.94. The molecule has 0 fully saturated rings. The van der Waals surface area contributed by atoms with E-state index in [9.17, 15) is 9.90 Å². The van der Waals surface area contributed by atoms with E-state index in [1.54, 1.807) is 0 Å². The Labute approximate surface area is 132 Å². The monoisotopic (exact) mass is 292 g/mol. The number of aliphatic hydroxyl groups is 1. The number of aliphatic carboxylic acids is 1. The molecule has 1 N–H and O–H groups in total. The van der Waals surface area contributed by atoms with Crippen LogP contribution in [0.5, 0.6) is 0 Å². The number of rotatable bonds is 6. The second-order valence-corrected chi connectivity index (χ2v) is 2.68. The summed E-state index contributed by atoms with van der Waals surface area (Å²) in [5.74, 6) is -1.00.